The molecule has 0 aliphatic heterocycles. The molecule has 1 aromatic rings. The Morgan fingerprint density at radius 1 is 1.20 bits per heavy atom. The average Bonchev–Trinajstić information content (AvgIpc) is 2.38. The van der Waals surface area contributed by atoms with Crippen LogP contribution in [0.1, 0.15) is 51.6 Å². The third kappa shape index (κ3) is 5.93. The molecule has 3 nitrogen and oxygen atoms in total. The SMILES string of the molecule is CC(N)CCCC(C)C(=O)N[C@H](C)c1ccc(Cl)cc1. The molecule has 1 rings (SSSR count). The summed E-state index contributed by atoms with van der Waals surface area (Å²) in [4.78, 5) is 12.1. The molecule has 0 bridgehead atoms. The lowest BCUT2D eigenvalue weighted by atomic mass is 10.0. The number of halogens is 1. The Bertz CT molecular complexity index is 417. The van der Waals surface area contributed by atoms with Crippen molar-refractivity contribution in [3.05, 3.63) is 34.9 Å². The minimum absolute atomic E-state index is 0.00403. The van der Waals surface area contributed by atoms with Crippen LogP contribution in [0.3, 0.4) is 0 Å². The van der Waals surface area contributed by atoms with Gasteiger partial charge < -0.3 is 11.1 Å². The second kappa shape index (κ2) is 8.28. The minimum Gasteiger partial charge on any atom is -0.349 e. The van der Waals surface area contributed by atoms with Crippen molar-refractivity contribution in [2.75, 3.05) is 0 Å². The van der Waals surface area contributed by atoms with Crippen LogP contribution in [0.15, 0.2) is 24.3 Å². The van der Waals surface area contributed by atoms with E-state index in [0.717, 1.165) is 24.8 Å². The van der Waals surface area contributed by atoms with Crippen molar-refractivity contribution < 1.29 is 4.79 Å². The van der Waals surface area contributed by atoms with E-state index < -0.39 is 0 Å². The first-order valence-electron chi connectivity index (χ1n) is 7.21. The number of nitrogens with one attached hydrogen (secondary N) is 1. The fourth-order valence-electron chi connectivity index (χ4n) is 2.07. The summed E-state index contributed by atoms with van der Waals surface area (Å²) in [6.07, 6.45) is 2.83. The highest BCUT2D eigenvalue weighted by Gasteiger charge is 2.16. The lowest BCUT2D eigenvalue weighted by Gasteiger charge is -2.18. The van der Waals surface area contributed by atoms with Gasteiger partial charge >= 0.3 is 0 Å². The lowest BCUT2D eigenvalue weighted by Crippen LogP contribution is -2.31. The van der Waals surface area contributed by atoms with Crippen LogP contribution in [0.2, 0.25) is 5.02 Å². The zero-order valence-electron chi connectivity index (χ0n) is 12.5. The molecule has 0 spiro atoms. The molecule has 0 aliphatic rings. The van der Waals surface area contributed by atoms with Crippen molar-refractivity contribution in [1.29, 1.82) is 0 Å². The molecule has 0 aliphatic carbocycles. The van der Waals surface area contributed by atoms with E-state index in [1.165, 1.54) is 0 Å². The van der Waals surface area contributed by atoms with Gasteiger partial charge in [-0.25, -0.2) is 0 Å². The number of benzene rings is 1. The first-order valence-corrected chi connectivity index (χ1v) is 7.59. The quantitative estimate of drug-likeness (QED) is 0.806. The van der Waals surface area contributed by atoms with Gasteiger partial charge in [-0.15, -0.1) is 0 Å². The molecule has 0 aromatic heterocycles. The Labute approximate surface area is 126 Å². The van der Waals surface area contributed by atoms with Crippen molar-refractivity contribution in [1.82, 2.24) is 5.32 Å². The molecule has 0 radical (unpaired) electrons. The molecule has 1 amide bonds. The fraction of sp³-hybridized carbons (Fsp3) is 0.562. The summed E-state index contributed by atoms with van der Waals surface area (Å²) in [5.41, 5.74) is 6.77. The van der Waals surface area contributed by atoms with Crippen LogP contribution < -0.4 is 11.1 Å². The van der Waals surface area contributed by atoms with Crippen molar-refractivity contribution in [2.24, 2.45) is 11.7 Å². The third-order valence-corrected chi connectivity index (χ3v) is 3.72. The standard InChI is InChI=1S/C16H25ClN2O/c1-11(5-4-6-12(2)18)16(20)19-13(3)14-7-9-15(17)10-8-14/h7-13H,4-6,18H2,1-3H3,(H,19,20)/t11?,12?,13-/m1/s1. The van der Waals surface area contributed by atoms with E-state index >= 15 is 0 Å². The number of amides is 1. The van der Waals surface area contributed by atoms with Crippen LogP contribution in [0, 0.1) is 5.92 Å². The van der Waals surface area contributed by atoms with Gasteiger partial charge in [0.1, 0.15) is 0 Å². The Morgan fingerprint density at radius 3 is 2.35 bits per heavy atom. The molecule has 3 N–H and O–H groups in total. The Kier molecular flexibility index (Phi) is 7.03. The highest BCUT2D eigenvalue weighted by Crippen LogP contribution is 2.17. The van der Waals surface area contributed by atoms with Crippen molar-refractivity contribution in [2.45, 2.75) is 52.1 Å². The Hall–Kier alpha value is -1.06. The zero-order chi connectivity index (χ0) is 15.1. The number of hydrogen-bond donors (Lipinski definition) is 2. The maximum Gasteiger partial charge on any atom is 0.223 e. The molecule has 2 unspecified atom stereocenters. The van der Waals surface area contributed by atoms with Crippen molar-refractivity contribution in [3.63, 3.8) is 0 Å². The van der Waals surface area contributed by atoms with Crippen LogP contribution in [0.4, 0.5) is 0 Å². The predicted octanol–water partition coefficient (Wildman–Crippen LogP) is 3.67. The molecule has 3 atom stereocenters. The van der Waals surface area contributed by atoms with E-state index in [2.05, 4.69) is 5.32 Å². The molecule has 1 aromatic carbocycles. The number of rotatable bonds is 7. The number of nitrogens with two attached hydrogens (primary N) is 1. The Balaban J connectivity index is 2.42. The molecule has 112 valence electrons. The second-order valence-corrected chi connectivity index (χ2v) is 6.03. The van der Waals surface area contributed by atoms with Crippen LogP contribution in [-0.4, -0.2) is 11.9 Å². The number of hydrogen-bond acceptors (Lipinski definition) is 2. The zero-order valence-corrected chi connectivity index (χ0v) is 13.3. The van der Waals surface area contributed by atoms with E-state index in [9.17, 15) is 4.79 Å². The van der Waals surface area contributed by atoms with Gasteiger partial charge in [0.25, 0.3) is 0 Å². The molecular formula is C16H25ClN2O. The van der Waals surface area contributed by atoms with Gasteiger partial charge in [0.15, 0.2) is 0 Å². The monoisotopic (exact) mass is 296 g/mol. The maximum atomic E-state index is 12.1. The molecule has 0 heterocycles. The summed E-state index contributed by atoms with van der Waals surface area (Å²) in [5, 5.41) is 3.75. The summed E-state index contributed by atoms with van der Waals surface area (Å²) in [5.74, 6) is 0.112. The minimum atomic E-state index is -0.00403. The first-order chi connectivity index (χ1) is 9.40. The maximum absolute atomic E-state index is 12.1. The molecule has 0 saturated heterocycles. The summed E-state index contributed by atoms with van der Waals surface area (Å²) >= 11 is 5.86. The second-order valence-electron chi connectivity index (χ2n) is 5.59. The van der Waals surface area contributed by atoms with Gasteiger partial charge in [0, 0.05) is 17.0 Å². The van der Waals surface area contributed by atoms with E-state index in [-0.39, 0.29) is 23.9 Å². The van der Waals surface area contributed by atoms with E-state index in [4.69, 9.17) is 17.3 Å². The van der Waals surface area contributed by atoms with Gasteiger partial charge in [-0.2, -0.15) is 0 Å². The summed E-state index contributed by atoms with van der Waals surface area (Å²) in [6, 6.07) is 7.76. The number of carbonyl (C=O) groups excluding carboxylic acids is 1. The van der Waals surface area contributed by atoms with Gasteiger partial charge in [-0.3, -0.25) is 4.79 Å². The smallest absolute Gasteiger partial charge is 0.223 e. The summed E-state index contributed by atoms with van der Waals surface area (Å²) in [6.45, 7) is 5.94. The molecule has 0 saturated carbocycles. The van der Waals surface area contributed by atoms with Gasteiger partial charge in [0.2, 0.25) is 5.91 Å². The van der Waals surface area contributed by atoms with Crippen molar-refractivity contribution in [3.8, 4) is 0 Å². The molecular weight excluding hydrogens is 272 g/mol. The van der Waals surface area contributed by atoms with Crippen LogP contribution in [0.5, 0.6) is 0 Å². The summed E-state index contributed by atoms with van der Waals surface area (Å²) < 4.78 is 0. The van der Waals surface area contributed by atoms with Crippen LogP contribution in [-0.2, 0) is 4.79 Å². The summed E-state index contributed by atoms with van der Waals surface area (Å²) in [7, 11) is 0. The predicted molar refractivity (Wildman–Crippen MR) is 84.7 cm³/mol. The van der Waals surface area contributed by atoms with E-state index in [1.807, 2.05) is 45.0 Å². The molecule has 4 heteroatoms. The average molecular weight is 297 g/mol. The van der Waals surface area contributed by atoms with Crippen LogP contribution >= 0.6 is 11.6 Å². The molecule has 20 heavy (non-hydrogen) atoms. The first kappa shape index (κ1) is 17.0. The van der Waals surface area contributed by atoms with Gasteiger partial charge in [-0.1, -0.05) is 37.1 Å². The lowest BCUT2D eigenvalue weighted by molar-refractivity contribution is -0.125. The van der Waals surface area contributed by atoms with Crippen LogP contribution in [0.25, 0.3) is 0 Å². The number of carbonyl (C=O) groups is 1. The normalized spacial score (nSPS) is 15.4. The molecule has 0 fully saturated rings. The van der Waals surface area contributed by atoms with E-state index in [0.29, 0.717) is 5.02 Å². The van der Waals surface area contributed by atoms with E-state index in [1.54, 1.807) is 0 Å². The highest BCUT2D eigenvalue weighted by atomic mass is 35.5. The fourth-order valence-corrected chi connectivity index (χ4v) is 2.19. The topological polar surface area (TPSA) is 55.1 Å². The van der Waals surface area contributed by atoms with Gasteiger partial charge in [-0.05, 0) is 44.4 Å². The third-order valence-electron chi connectivity index (χ3n) is 3.47. The highest BCUT2D eigenvalue weighted by molar-refractivity contribution is 6.30. The van der Waals surface area contributed by atoms with Crippen molar-refractivity contribution >= 4 is 17.5 Å². The largest absolute Gasteiger partial charge is 0.349 e. The van der Waals surface area contributed by atoms with Gasteiger partial charge in [0.05, 0.1) is 6.04 Å². The Morgan fingerprint density at radius 2 is 1.80 bits per heavy atom.